The lowest BCUT2D eigenvalue weighted by Gasteiger charge is -2.20. The van der Waals surface area contributed by atoms with Gasteiger partial charge in [-0.1, -0.05) is 20.3 Å². The van der Waals surface area contributed by atoms with E-state index in [1.54, 1.807) is 11.8 Å². The highest BCUT2D eigenvalue weighted by Gasteiger charge is 2.11. The van der Waals surface area contributed by atoms with Gasteiger partial charge in [0.25, 0.3) is 0 Å². The van der Waals surface area contributed by atoms with Crippen molar-refractivity contribution in [1.82, 2.24) is 4.90 Å². The van der Waals surface area contributed by atoms with Crippen molar-refractivity contribution >= 4 is 11.9 Å². The SMILES string of the molecule is CCCCN(CCC(=O)O)C(=O)CC. The van der Waals surface area contributed by atoms with Crippen LogP contribution in [-0.4, -0.2) is 35.0 Å². The maximum Gasteiger partial charge on any atom is 0.305 e. The van der Waals surface area contributed by atoms with Crippen molar-refractivity contribution in [3.63, 3.8) is 0 Å². The van der Waals surface area contributed by atoms with Gasteiger partial charge >= 0.3 is 5.97 Å². The lowest BCUT2D eigenvalue weighted by molar-refractivity contribution is -0.138. The van der Waals surface area contributed by atoms with Gasteiger partial charge in [-0.15, -0.1) is 0 Å². The smallest absolute Gasteiger partial charge is 0.305 e. The van der Waals surface area contributed by atoms with Crippen LogP contribution in [0.5, 0.6) is 0 Å². The summed E-state index contributed by atoms with van der Waals surface area (Å²) in [6.45, 7) is 4.85. The maximum atomic E-state index is 11.4. The molecule has 0 aliphatic heterocycles. The number of carbonyl (C=O) groups is 2. The first-order valence-electron chi connectivity index (χ1n) is 5.11. The van der Waals surface area contributed by atoms with E-state index >= 15 is 0 Å². The van der Waals surface area contributed by atoms with Crippen LogP contribution in [0.2, 0.25) is 0 Å². The third kappa shape index (κ3) is 5.56. The fourth-order valence-electron chi connectivity index (χ4n) is 1.16. The molecule has 82 valence electrons. The number of nitrogens with zero attached hydrogens (tertiary/aromatic N) is 1. The van der Waals surface area contributed by atoms with Crippen molar-refractivity contribution in [2.45, 2.75) is 39.5 Å². The zero-order chi connectivity index (χ0) is 11.0. The zero-order valence-electron chi connectivity index (χ0n) is 8.95. The molecular weight excluding hydrogens is 182 g/mol. The number of rotatable bonds is 7. The number of amides is 1. The summed E-state index contributed by atoms with van der Waals surface area (Å²) in [7, 11) is 0. The molecule has 0 aromatic heterocycles. The molecule has 0 rings (SSSR count). The van der Waals surface area contributed by atoms with E-state index in [-0.39, 0.29) is 12.3 Å². The van der Waals surface area contributed by atoms with Gasteiger partial charge in [-0.05, 0) is 6.42 Å². The largest absolute Gasteiger partial charge is 0.481 e. The van der Waals surface area contributed by atoms with Gasteiger partial charge in [0, 0.05) is 19.5 Å². The van der Waals surface area contributed by atoms with Gasteiger partial charge in [-0.3, -0.25) is 9.59 Å². The van der Waals surface area contributed by atoms with Gasteiger partial charge in [-0.25, -0.2) is 0 Å². The van der Waals surface area contributed by atoms with Gasteiger partial charge in [-0.2, -0.15) is 0 Å². The van der Waals surface area contributed by atoms with Gasteiger partial charge in [0.1, 0.15) is 0 Å². The molecule has 0 spiro atoms. The van der Waals surface area contributed by atoms with Crippen molar-refractivity contribution in [3.05, 3.63) is 0 Å². The van der Waals surface area contributed by atoms with E-state index in [1.165, 1.54) is 0 Å². The Morgan fingerprint density at radius 1 is 1.21 bits per heavy atom. The molecule has 1 amide bonds. The standard InChI is InChI=1S/C10H19NO3/c1-3-5-7-11(9(12)4-2)8-6-10(13)14/h3-8H2,1-2H3,(H,13,14). The summed E-state index contributed by atoms with van der Waals surface area (Å²) in [4.78, 5) is 23.4. The summed E-state index contributed by atoms with van der Waals surface area (Å²) in [6.07, 6.45) is 2.44. The number of carboxylic acid groups (broad SMARTS) is 1. The molecule has 0 saturated carbocycles. The number of carboxylic acids is 1. The molecule has 0 fully saturated rings. The van der Waals surface area contributed by atoms with Crippen LogP contribution in [0.4, 0.5) is 0 Å². The van der Waals surface area contributed by atoms with Crippen LogP contribution in [0.15, 0.2) is 0 Å². The molecule has 0 aliphatic carbocycles. The number of carbonyl (C=O) groups excluding carboxylic acids is 1. The minimum atomic E-state index is -0.851. The van der Waals surface area contributed by atoms with Gasteiger partial charge in [0.2, 0.25) is 5.91 Å². The predicted octanol–water partition coefficient (Wildman–Crippen LogP) is 1.50. The van der Waals surface area contributed by atoms with Crippen LogP contribution in [0.3, 0.4) is 0 Å². The number of aliphatic carboxylic acids is 1. The average molecular weight is 201 g/mol. The third-order valence-corrected chi connectivity index (χ3v) is 2.03. The summed E-state index contributed by atoms with van der Waals surface area (Å²) < 4.78 is 0. The van der Waals surface area contributed by atoms with Crippen LogP contribution in [0.25, 0.3) is 0 Å². The van der Waals surface area contributed by atoms with E-state index in [9.17, 15) is 9.59 Å². The quantitative estimate of drug-likeness (QED) is 0.679. The van der Waals surface area contributed by atoms with E-state index < -0.39 is 5.97 Å². The summed E-state index contributed by atoms with van der Waals surface area (Å²) in [6, 6.07) is 0. The van der Waals surface area contributed by atoms with Crippen LogP contribution >= 0.6 is 0 Å². The molecule has 0 saturated heterocycles. The molecule has 0 radical (unpaired) electrons. The van der Waals surface area contributed by atoms with Gasteiger partial charge < -0.3 is 10.0 Å². The first kappa shape index (κ1) is 12.9. The van der Waals surface area contributed by atoms with E-state index in [1.807, 2.05) is 6.92 Å². The van der Waals surface area contributed by atoms with E-state index in [2.05, 4.69) is 0 Å². The molecule has 0 atom stereocenters. The number of hydrogen-bond donors (Lipinski definition) is 1. The second-order valence-corrected chi connectivity index (χ2v) is 3.23. The molecule has 0 heterocycles. The first-order valence-corrected chi connectivity index (χ1v) is 5.11. The highest BCUT2D eigenvalue weighted by Crippen LogP contribution is 2.00. The average Bonchev–Trinajstić information content (AvgIpc) is 2.16. The van der Waals surface area contributed by atoms with Crippen LogP contribution in [0, 0.1) is 0 Å². The highest BCUT2D eigenvalue weighted by molar-refractivity contribution is 5.76. The first-order chi connectivity index (χ1) is 6.61. The number of hydrogen-bond acceptors (Lipinski definition) is 2. The second-order valence-electron chi connectivity index (χ2n) is 3.23. The summed E-state index contributed by atoms with van der Waals surface area (Å²) in [5.41, 5.74) is 0. The monoisotopic (exact) mass is 201 g/mol. The van der Waals surface area contributed by atoms with Crippen molar-refractivity contribution in [3.8, 4) is 0 Å². The molecule has 0 aromatic rings. The Labute approximate surface area is 84.9 Å². The molecule has 0 aliphatic rings. The minimum Gasteiger partial charge on any atom is -0.481 e. The van der Waals surface area contributed by atoms with Crippen LogP contribution < -0.4 is 0 Å². The Morgan fingerprint density at radius 3 is 2.29 bits per heavy atom. The van der Waals surface area contributed by atoms with Crippen molar-refractivity contribution in [2.24, 2.45) is 0 Å². The summed E-state index contributed by atoms with van der Waals surface area (Å²) in [5.74, 6) is -0.810. The number of unbranched alkanes of at least 4 members (excludes halogenated alkanes) is 1. The van der Waals surface area contributed by atoms with E-state index in [0.29, 0.717) is 19.5 Å². The van der Waals surface area contributed by atoms with Crippen molar-refractivity contribution in [2.75, 3.05) is 13.1 Å². The third-order valence-electron chi connectivity index (χ3n) is 2.03. The van der Waals surface area contributed by atoms with Crippen molar-refractivity contribution in [1.29, 1.82) is 0 Å². The fourth-order valence-corrected chi connectivity index (χ4v) is 1.16. The van der Waals surface area contributed by atoms with E-state index in [4.69, 9.17) is 5.11 Å². The topological polar surface area (TPSA) is 57.6 Å². The highest BCUT2D eigenvalue weighted by atomic mass is 16.4. The molecular formula is C10H19NO3. The molecule has 14 heavy (non-hydrogen) atoms. The Balaban J connectivity index is 3.96. The van der Waals surface area contributed by atoms with Crippen molar-refractivity contribution < 1.29 is 14.7 Å². The van der Waals surface area contributed by atoms with Gasteiger partial charge in [0.15, 0.2) is 0 Å². The molecule has 4 heteroatoms. The fraction of sp³-hybridized carbons (Fsp3) is 0.800. The molecule has 4 nitrogen and oxygen atoms in total. The van der Waals surface area contributed by atoms with E-state index in [0.717, 1.165) is 12.8 Å². The summed E-state index contributed by atoms with van der Waals surface area (Å²) in [5, 5.41) is 8.50. The molecule has 0 bridgehead atoms. The predicted molar refractivity (Wildman–Crippen MR) is 54.0 cm³/mol. The Kier molecular flexibility index (Phi) is 6.80. The van der Waals surface area contributed by atoms with Crippen LogP contribution in [-0.2, 0) is 9.59 Å². The normalized spacial score (nSPS) is 9.86. The molecule has 0 unspecified atom stereocenters. The minimum absolute atomic E-state index is 0.0372. The second kappa shape index (κ2) is 7.35. The lowest BCUT2D eigenvalue weighted by atomic mass is 10.2. The molecule has 1 N–H and O–H groups in total. The van der Waals surface area contributed by atoms with Gasteiger partial charge in [0.05, 0.1) is 6.42 Å². The Bertz CT molecular complexity index is 192. The molecule has 0 aromatic carbocycles. The Morgan fingerprint density at radius 2 is 1.86 bits per heavy atom. The summed E-state index contributed by atoms with van der Waals surface area (Å²) >= 11 is 0. The Hall–Kier alpha value is -1.06. The zero-order valence-corrected chi connectivity index (χ0v) is 8.95. The lowest BCUT2D eigenvalue weighted by Crippen LogP contribution is -2.33. The van der Waals surface area contributed by atoms with Crippen LogP contribution in [0.1, 0.15) is 39.5 Å². The maximum absolute atomic E-state index is 11.4.